The molecule has 0 aliphatic rings. The molecule has 2 aromatic rings. The van der Waals surface area contributed by atoms with Crippen LogP contribution in [0.2, 0.25) is 0 Å². The van der Waals surface area contributed by atoms with E-state index in [-0.39, 0.29) is 5.91 Å². The zero-order chi connectivity index (χ0) is 17.2. The van der Waals surface area contributed by atoms with Gasteiger partial charge >= 0.3 is 0 Å². The minimum Gasteiger partial charge on any atom is -0.494 e. The molecular formula is C20H23NO3. The Labute approximate surface area is 143 Å². The van der Waals surface area contributed by atoms with Crippen LogP contribution in [-0.4, -0.2) is 19.1 Å². The molecule has 2 aromatic carbocycles. The summed E-state index contributed by atoms with van der Waals surface area (Å²) in [6.07, 6.45) is 3.76. The van der Waals surface area contributed by atoms with Gasteiger partial charge in [0.25, 0.3) is 5.91 Å². The average molecular weight is 325 g/mol. The number of benzene rings is 2. The second-order valence-electron chi connectivity index (χ2n) is 5.31. The topological polar surface area (TPSA) is 47.6 Å². The van der Waals surface area contributed by atoms with Crippen LogP contribution in [-0.2, 0) is 0 Å². The van der Waals surface area contributed by atoms with E-state index < -0.39 is 0 Å². The fourth-order valence-corrected chi connectivity index (χ4v) is 2.05. The first-order chi connectivity index (χ1) is 11.7. The SMILES string of the molecule is C=CCOc1ccc(NC(=O)c2cccc(OCCCC)c2)cc1. The van der Waals surface area contributed by atoms with Gasteiger partial charge < -0.3 is 14.8 Å². The summed E-state index contributed by atoms with van der Waals surface area (Å²) < 4.78 is 11.1. The molecule has 126 valence electrons. The van der Waals surface area contributed by atoms with E-state index in [0.717, 1.165) is 18.6 Å². The number of rotatable bonds is 9. The van der Waals surface area contributed by atoms with Crippen LogP contribution in [0, 0.1) is 0 Å². The molecular weight excluding hydrogens is 302 g/mol. The van der Waals surface area contributed by atoms with Gasteiger partial charge in [0.15, 0.2) is 0 Å². The van der Waals surface area contributed by atoms with Crippen LogP contribution in [0.15, 0.2) is 61.2 Å². The van der Waals surface area contributed by atoms with Crippen molar-refractivity contribution < 1.29 is 14.3 Å². The van der Waals surface area contributed by atoms with Gasteiger partial charge in [0.1, 0.15) is 18.1 Å². The van der Waals surface area contributed by atoms with Gasteiger partial charge in [-0.2, -0.15) is 0 Å². The highest BCUT2D eigenvalue weighted by Gasteiger charge is 2.07. The summed E-state index contributed by atoms with van der Waals surface area (Å²) in [4.78, 5) is 12.3. The standard InChI is InChI=1S/C20H23NO3/c1-3-5-14-24-19-8-6-7-16(15-19)20(22)21-17-9-11-18(12-10-17)23-13-4-2/h4,6-12,15H,2-3,5,13-14H2,1H3,(H,21,22). The van der Waals surface area contributed by atoms with Gasteiger partial charge in [-0.05, 0) is 48.9 Å². The molecule has 2 rings (SSSR count). The summed E-state index contributed by atoms with van der Waals surface area (Å²) in [6.45, 7) is 6.83. The summed E-state index contributed by atoms with van der Waals surface area (Å²) in [6, 6.07) is 14.4. The largest absolute Gasteiger partial charge is 0.494 e. The fourth-order valence-electron chi connectivity index (χ4n) is 2.05. The molecule has 0 aliphatic carbocycles. The molecule has 0 spiro atoms. The van der Waals surface area contributed by atoms with Gasteiger partial charge in [0, 0.05) is 11.3 Å². The van der Waals surface area contributed by atoms with E-state index in [2.05, 4.69) is 18.8 Å². The van der Waals surface area contributed by atoms with Crippen molar-refractivity contribution in [3.8, 4) is 11.5 Å². The van der Waals surface area contributed by atoms with Gasteiger partial charge in [0.2, 0.25) is 0 Å². The molecule has 0 unspecified atom stereocenters. The third kappa shape index (κ3) is 5.47. The van der Waals surface area contributed by atoms with Crippen molar-refractivity contribution in [1.82, 2.24) is 0 Å². The normalized spacial score (nSPS) is 10.0. The quantitative estimate of drug-likeness (QED) is 0.538. The van der Waals surface area contributed by atoms with Crippen LogP contribution in [0.4, 0.5) is 5.69 Å². The first kappa shape index (κ1) is 17.6. The maximum Gasteiger partial charge on any atom is 0.255 e. The van der Waals surface area contributed by atoms with Gasteiger partial charge in [-0.1, -0.05) is 32.1 Å². The van der Waals surface area contributed by atoms with Gasteiger partial charge in [0.05, 0.1) is 6.61 Å². The molecule has 24 heavy (non-hydrogen) atoms. The summed E-state index contributed by atoms with van der Waals surface area (Å²) in [5.74, 6) is 1.28. The monoisotopic (exact) mass is 325 g/mol. The van der Waals surface area contributed by atoms with Crippen LogP contribution in [0.3, 0.4) is 0 Å². The molecule has 4 heteroatoms. The van der Waals surface area contributed by atoms with E-state index in [0.29, 0.717) is 30.2 Å². The van der Waals surface area contributed by atoms with Crippen molar-refractivity contribution in [2.24, 2.45) is 0 Å². The summed E-state index contributed by atoms with van der Waals surface area (Å²) in [5, 5.41) is 2.87. The summed E-state index contributed by atoms with van der Waals surface area (Å²) >= 11 is 0. The van der Waals surface area contributed by atoms with E-state index in [4.69, 9.17) is 9.47 Å². The van der Waals surface area contributed by atoms with Crippen molar-refractivity contribution in [2.75, 3.05) is 18.5 Å². The smallest absolute Gasteiger partial charge is 0.255 e. The van der Waals surface area contributed by atoms with Crippen molar-refractivity contribution in [3.05, 3.63) is 66.7 Å². The highest BCUT2D eigenvalue weighted by atomic mass is 16.5. The molecule has 0 bridgehead atoms. The molecule has 0 atom stereocenters. The molecule has 0 aliphatic heterocycles. The maximum absolute atomic E-state index is 12.3. The van der Waals surface area contributed by atoms with Crippen LogP contribution in [0.1, 0.15) is 30.1 Å². The number of unbranched alkanes of at least 4 members (excludes halogenated alkanes) is 1. The van der Waals surface area contributed by atoms with Crippen molar-refractivity contribution in [2.45, 2.75) is 19.8 Å². The zero-order valence-corrected chi connectivity index (χ0v) is 14.0. The van der Waals surface area contributed by atoms with Gasteiger partial charge in [-0.15, -0.1) is 0 Å². The third-order valence-corrected chi connectivity index (χ3v) is 3.34. The molecule has 0 fully saturated rings. The number of anilines is 1. The number of ether oxygens (including phenoxy) is 2. The lowest BCUT2D eigenvalue weighted by atomic mass is 10.2. The number of nitrogens with one attached hydrogen (secondary N) is 1. The molecule has 0 radical (unpaired) electrons. The van der Waals surface area contributed by atoms with Crippen LogP contribution >= 0.6 is 0 Å². The van der Waals surface area contributed by atoms with Gasteiger partial charge in [-0.3, -0.25) is 4.79 Å². The number of carbonyl (C=O) groups is 1. The number of amides is 1. The lowest BCUT2D eigenvalue weighted by Gasteiger charge is -2.09. The Morgan fingerprint density at radius 2 is 1.92 bits per heavy atom. The van der Waals surface area contributed by atoms with E-state index in [1.54, 1.807) is 30.3 Å². The first-order valence-electron chi connectivity index (χ1n) is 8.11. The molecule has 0 aromatic heterocycles. The Balaban J connectivity index is 1.96. The first-order valence-corrected chi connectivity index (χ1v) is 8.11. The van der Waals surface area contributed by atoms with Crippen LogP contribution < -0.4 is 14.8 Å². The van der Waals surface area contributed by atoms with Crippen LogP contribution in [0.5, 0.6) is 11.5 Å². The van der Waals surface area contributed by atoms with Crippen LogP contribution in [0.25, 0.3) is 0 Å². The Kier molecular flexibility index (Phi) is 6.90. The lowest BCUT2D eigenvalue weighted by Crippen LogP contribution is -2.12. The highest BCUT2D eigenvalue weighted by molar-refractivity contribution is 6.04. The predicted octanol–water partition coefficient (Wildman–Crippen LogP) is 4.68. The minimum atomic E-state index is -0.171. The van der Waals surface area contributed by atoms with E-state index in [1.807, 2.05) is 24.3 Å². The Hall–Kier alpha value is -2.75. The zero-order valence-electron chi connectivity index (χ0n) is 14.0. The van der Waals surface area contributed by atoms with E-state index in [9.17, 15) is 4.79 Å². The Morgan fingerprint density at radius 1 is 1.12 bits per heavy atom. The molecule has 4 nitrogen and oxygen atoms in total. The second kappa shape index (κ2) is 9.40. The minimum absolute atomic E-state index is 0.171. The molecule has 1 amide bonds. The molecule has 0 saturated heterocycles. The molecule has 0 saturated carbocycles. The third-order valence-electron chi connectivity index (χ3n) is 3.34. The predicted molar refractivity (Wildman–Crippen MR) is 96.9 cm³/mol. The van der Waals surface area contributed by atoms with E-state index >= 15 is 0 Å². The van der Waals surface area contributed by atoms with Gasteiger partial charge in [-0.25, -0.2) is 0 Å². The van der Waals surface area contributed by atoms with Crippen molar-refractivity contribution >= 4 is 11.6 Å². The summed E-state index contributed by atoms with van der Waals surface area (Å²) in [7, 11) is 0. The van der Waals surface area contributed by atoms with E-state index in [1.165, 1.54) is 0 Å². The number of hydrogen-bond acceptors (Lipinski definition) is 3. The fraction of sp³-hybridized carbons (Fsp3) is 0.250. The second-order valence-corrected chi connectivity index (χ2v) is 5.31. The highest BCUT2D eigenvalue weighted by Crippen LogP contribution is 2.18. The van der Waals surface area contributed by atoms with Crippen molar-refractivity contribution in [1.29, 1.82) is 0 Å². The lowest BCUT2D eigenvalue weighted by molar-refractivity contribution is 0.102. The number of hydrogen-bond donors (Lipinski definition) is 1. The molecule has 1 N–H and O–H groups in total. The average Bonchev–Trinajstić information content (AvgIpc) is 2.61. The molecule has 0 heterocycles. The Morgan fingerprint density at radius 3 is 2.62 bits per heavy atom. The number of carbonyl (C=O) groups excluding carboxylic acids is 1. The van der Waals surface area contributed by atoms with Crippen molar-refractivity contribution in [3.63, 3.8) is 0 Å². The Bertz CT molecular complexity index is 665. The summed E-state index contributed by atoms with van der Waals surface area (Å²) in [5.41, 5.74) is 1.28. The maximum atomic E-state index is 12.3.